The number of carbonyl (C=O) groups excluding carboxylic acids is 1. The summed E-state index contributed by atoms with van der Waals surface area (Å²) in [5, 5.41) is 15.4. The summed E-state index contributed by atoms with van der Waals surface area (Å²) in [7, 11) is 0. The number of fused-ring (bicyclic) bond motifs is 1. The standard InChI is InChI=1S/C33H31N7O/c1-2-3-13-32-35-30(18-14-23-9-5-4-6-10-23)31(22-41)40(32)21-24-15-17-28-25(20-24)16-19-29(34-28)26-11-7-8-12-27(26)33-36-38-39-37-33/h4-12,15-17,19-20,22H,2-3,13-14,18,21H2,1H3,(H,36,37,38,39). The maximum Gasteiger partial charge on any atom is 0.180 e. The van der Waals surface area contributed by atoms with Crippen molar-refractivity contribution < 1.29 is 4.79 Å². The molecule has 3 aromatic heterocycles. The average molecular weight is 542 g/mol. The molecule has 0 aliphatic rings. The Morgan fingerprint density at radius 1 is 0.829 bits per heavy atom. The fraction of sp³-hybridized carbons (Fsp3) is 0.212. The van der Waals surface area contributed by atoms with Crippen LogP contribution in [-0.4, -0.2) is 41.4 Å². The molecule has 0 saturated heterocycles. The van der Waals surface area contributed by atoms with E-state index >= 15 is 0 Å². The van der Waals surface area contributed by atoms with Crippen molar-refractivity contribution in [2.24, 2.45) is 0 Å². The highest BCUT2D eigenvalue weighted by Gasteiger charge is 2.17. The monoisotopic (exact) mass is 541 g/mol. The van der Waals surface area contributed by atoms with Crippen molar-refractivity contribution in [3.8, 4) is 22.6 Å². The minimum atomic E-state index is 0.588. The van der Waals surface area contributed by atoms with Crippen molar-refractivity contribution >= 4 is 17.2 Å². The van der Waals surface area contributed by atoms with E-state index in [1.54, 1.807) is 0 Å². The van der Waals surface area contributed by atoms with E-state index in [4.69, 9.17) is 9.97 Å². The fourth-order valence-corrected chi connectivity index (χ4v) is 5.29. The first-order chi connectivity index (χ1) is 20.2. The zero-order chi connectivity index (χ0) is 28.0. The summed E-state index contributed by atoms with van der Waals surface area (Å²) < 4.78 is 2.10. The van der Waals surface area contributed by atoms with E-state index < -0.39 is 0 Å². The predicted molar refractivity (Wildman–Crippen MR) is 160 cm³/mol. The van der Waals surface area contributed by atoms with Gasteiger partial charge in [-0.15, -0.1) is 5.10 Å². The minimum Gasteiger partial charge on any atom is -0.321 e. The third-order valence-electron chi connectivity index (χ3n) is 7.42. The molecule has 0 amide bonds. The molecule has 0 unspecified atom stereocenters. The molecule has 8 nitrogen and oxygen atoms in total. The molecule has 0 saturated carbocycles. The molecule has 0 atom stereocenters. The molecule has 204 valence electrons. The van der Waals surface area contributed by atoms with Gasteiger partial charge in [0, 0.05) is 29.5 Å². The highest BCUT2D eigenvalue weighted by Crippen LogP contribution is 2.30. The van der Waals surface area contributed by atoms with Gasteiger partial charge in [0.2, 0.25) is 0 Å². The van der Waals surface area contributed by atoms with Crippen molar-refractivity contribution in [2.45, 2.75) is 45.6 Å². The zero-order valence-corrected chi connectivity index (χ0v) is 23.0. The molecular weight excluding hydrogens is 510 g/mol. The number of aromatic amines is 1. The van der Waals surface area contributed by atoms with Gasteiger partial charge in [-0.2, -0.15) is 0 Å². The molecule has 0 aliphatic heterocycles. The summed E-state index contributed by atoms with van der Waals surface area (Å²) in [6, 6.07) is 28.7. The van der Waals surface area contributed by atoms with Crippen LogP contribution in [0.1, 0.15) is 52.9 Å². The van der Waals surface area contributed by atoms with E-state index in [-0.39, 0.29) is 0 Å². The lowest BCUT2D eigenvalue weighted by Crippen LogP contribution is -2.09. The van der Waals surface area contributed by atoms with Gasteiger partial charge in [-0.3, -0.25) is 4.79 Å². The van der Waals surface area contributed by atoms with Crippen LogP contribution in [0.4, 0.5) is 0 Å². The van der Waals surface area contributed by atoms with Gasteiger partial charge in [-0.25, -0.2) is 15.1 Å². The van der Waals surface area contributed by atoms with Crippen LogP contribution in [0, 0.1) is 0 Å². The average Bonchev–Trinajstić information content (AvgIpc) is 3.67. The number of pyridine rings is 1. The highest BCUT2D eigenvalue weighted by atomic mass is 16.1. The normalized spacial score (nSPS) is 11.2. The number of carbonyl (C=O) groups is 1. The van der Waals surface area contributed by atoms with E-state index in [1.807, 2.05) is 54.6 Å². The number of imidazole rings is 1. The van der Waals surface area contributed by atoms with Crippen molar-refractivity contribution in [1.29, 1.82) is 0 Å². The second-order valence-electron chi connectivity index (χ2n) is 10.2. The number of H-pyrrole nitrogens is 1. The molecule has 0 radical (unpaired) electrons. The first-order valence-corrected chi connectivity index (χ1v) is 14.0. The predicted octanol–water partition coefficient (Wildman–Crippen LogP) is 6.27. The third kappa shape index (κ3) is 5.68. The van der Waals surface area contributed by atoms with Crippen molar-refractivity contribution in [2.75, 3.05) is 0 Å². The van der Waals surface area contributed by atoms with Gasteiger partial charge in [0.1, 0.15) is 11.5 Å². The van der Waals surface area contributed by atoms with Crippen LogP contribution in [0.25, 0.3) is 33.5 Å². The van der Waals surface area contributed by atoms with Crippen LogP contribution in [0.2, 0.25) is 0 Å². The number of unbranched alkanes of at least 4 members (excludes halogenated alkanes) is 1. The third-order valence-corrected chi connectivity index (χ3v) is 7.42. The Labute approximate surface area is 238 Å². The Bertz CT molecular complexity index is 1780. The largest absolute Gasteiger partial charge is 0.321 e. The van der Waals surface area contributed by atoms with Crippen LogP contribution in [0.3, 0.4) is 0 Å². The van der Waals surface area contributed by atoms with Crippen LogP contribution >= 0.6 is 0 Å². The minimum absolute atomic E-state index is 0.588. The molecule has 0 fully saturated rings. The van der Waals surface area contributed by atoms with Gasteiger partial charge in [0.15, 0.2) is 12.1 Å². The molecule has 3 aromatic carbocycles. The number of rotatable bonds is 11. The summed E-state index contributed by atoms with van der Waals surface area (Å²) in [6.07, 6.45) is 5.51. The number of nitrogens with zero attached hydrogens (tertiary/aromatic N) is 6. The number of aromatic nitrogens is 7. The molecule has 0 bridgehead atoms. The number of aldehydes is 1. The highest BCUT2D eigenvalue weighted by molar-refractivity contribution is 5.85. The van der Waals surface area contributed by atoms with Gasteiger partial charge in [0.25, 0.3) is 0 Å². The van der Waals surface area contributed by atoms with Gasteiger partial charge in [-0.05, 0) is 59.0 Å². The SMILES string of the molecule is CCCCc1nc(CCc2ccccc2)c(C=O)n1Cc1ccc2nc(-c3ccccc3-c3nnn[nH]3)ccc2c1. The number of tetrazole rings is 1. The topological polar surface area (TPSA) is 102 Å². The molecule has 0 aliphatic carbocycles. The number of nitrogens with one attached hydrogen (secondary N) is 1. The van der Waals surface area contributed by atoms with Gasteiger partial charge in [-0.1, -0.05) is 80.1 Å². The fourth-order valence-electron chi connectivity index (χ4n) is 5.29. The van der Waals surface area contributed by atoms with E-state index in [1.165, 1.54) is 5.56 Å². The summed E-state index contributed by atoms with van der Waals surface area (Å²) in [6.45, 7) is 2.76. The molecule has 1 N–H and O–H groups in total. The Balaban J connectivity index is 1.29. The van der Waals surface area contributed by atoms with Crippen molar-refractivity contribution in [3.05, 3.63) is 113 Å². The van der Waals surface area contributed by atoms with E-state index in [2.05, 4.69) is 62.4 Å². The zero-order valence-electron chi connectivity index (χ0n) is 23.0. The maximum atomic E-state index is 12.3. The van der Waals surface area contributed by atoms with Gasteiger partial charge in [0.05, 0.1) is 16.9 Å². The van der Waals surface area contributed by atoms with Crippen molar-refractivity contribution in [3.63, 3.8) is 0 Å². The second-order valence-corrected chi connectivity index (χ2v) is 10.2. The van der Waals surface area contributed by atoms with E-state index in [9.17, 15) is 4.79 Å². The van der Waals surface area contributed by atoms with Gasteiger partial charge < -0.3 is 4.57 Å². The quantitative estimate of drug-likeness (QED) is 0.194. The molecule has 8 heteroatoms. The maximum absolute atomic E-state index is 12.3. The van der Waals surface area contributed by atoms with Crippen LogP contribution in [0.15, 0.2) is 84.9 Å². The molecule has 0 spiro atoms. The second kappa shape index (κ2) is 12.0. The number of aryl methyl sites for hydroxylation is 3. The lowest BCUT2D eigenvalue weighted by atomic mass is 10.0. The molecule has 6 rings (SSSR count). The molecule has 3 heterocycles. The van der Waals surface area contributed by atoms with E-state index in [0.717, 1.165) is 83.2 Å². The summed E-state index contributed by atoms with van der Waals surface area (Å²) in [5.41, 5.74) is 7.50. The lowest BCUT2D eigenvalue weighted by Gasteiger charge is -2.12. The van der Waals surface area contributed by atoms with Crippen LogP contribution in [0.5, 0.6) is 0 Å². The Kier molecular flexibility index (Phi) is 7.71. The first-order valence-electron chi connectivity index (χ1n) is 14.0. The molecular formula is C33H31N7O. The smallest absolute Gasteiger partial charge is 0.180 e. The Hall–Kier alpha value is -4.98. The number of benzene rings is 3. The number of hydrogen-bond acceptors (Lipinski definition) is 6. The van der Waals surface area contributed by atoms with Crippen molar-refractivity contribution in [1.82, 2.24) is 35.2 Å². The Morgan fingerprint density at radius 2 is 1.66 bits per heavy atom. The molecule has 41 heavy (non-hydrogen) atoms. The van der Waals surface area contributed by atoms with Crippen LogP contribution < -0.4 is 0 Å². The molecule has 6 aromatic rings. The first kappa shape index (κ1) is 26.3. The summed E-state index contributed by atoms with van der Waals surface area (Å²) in [5.74, 6) is 1.58. The Morgan fingerprint density at radius 3 is 2.44 bits per heavy atom. The van der Waals surface area contributed by atoms with Gasteiger partial charge >= 0.3 is 0 Å². The summed E-state index contributed by atoms with van der Waals surface area (Å²) >= 11 is 0. The van der Waals surface area contributed by atoms with E-state index in [0.29, 0.717) is 18.1 Å². The number of hydrogen-bond donors (Lipinski definition) is 1. The lowest BCUT2D eigenvalue weighted by molar-refractivity contribution is 0.111. The summed E-state index contributed by atoms with van der Waals surface area (Å²) in [4.78, 5) is 22.3. The van der Waals surface area contributed by atoms with Crippen LogP contribution in [-0.2, 0) is 25.8 Å².